The summed E-state index contributed by atoms with van der Waals surface area (Å²) in [6, 6.07) is 0. The average Bonchev–Trinajstić information content (AvgIpc) is 2.89. The molecule has 20 heavy (non-hydrogen) atoms. The molecule has 1 atom stereocenters. The van der Waals surface area contributed by atoms with E-state index in [1.54, 1.807) is 34.9 Å². The van der Waals surface area contributed by atoms with Gasteiger partial charge < -0.3 is 4.74 Å². The summed E-state index contributed by atoms with van der Waals surface area (Å²) >= 11 is 4.88. The van der Waals surface area contributed by atoms with Crippen molar-refractivity contribution in [1.82, 2.24) is 10.2 Å². The zero-order valence-corrected chi connectivity index (χ0v) is 14.3. The molecule has 112 valence electrons. The second-order valence-electron chi connectivity index (χ2n) is 3.98. The van der Waals surface area contributed by atoms with Crippen LogP contribution in [0.1, 0.15) is 33.1 Å². The van der Waals surface area contributed by atoms with Crippen LogP contribution in [0.2, 0.25) is 0 Å². The van der Waals surface area contributed by atoms with Gasteiger partial charge in [-0.2, -0.15) is 0 Å². The number of hydrogen-bond donors (Lipinski definition) is 0. The molecule has 0 aliphatic heterocycles. The predicted octanol–water partition coefficient (Wildman–Crippen LogP) is 4.03. The molecule has 7 heteroatoms. The van der Waals surface area contributed by atoms with Gasteiger partial charge in [-0.3, -0.25) is 0 Å². The minimum absolute atomic E-state index is 0.0865. The molecule has 0 amide bonds. The molecule has 0 radical (unpaired) electrons. The molecule has 0 aromatic carbocycles. The summed E-state index contributed by atoms with van der Waals surface area (Å²) < 4.78 is 7.27. The van der Waals surface area contributed by atoms with E-state index in [0.29, 0.717) is 5.75 Å². The van der Waals surface area contributed by atoms with Crippen molar-refractivity contribution in [2.75, 3.05) is 11.5 Å². The first-order chi connectivity index (χ1) is 9.69. The summed E-state index contributed by atoms with van der Waals surface area (Å²) in [4.78, 5) is 11.3. The maximum Gasteiger partial charge on any atom is 0.330 e. The number of nitrogens with zero attached hydrogens (tertiary/aromatic N) is 2. The van der Waals surface area contributed by atoms with Gasteiger partial charge >= 0.3 is 5.97 Å². The third-order valence-electron chi connectivity index (χ3n) is 2.38. The number of unbranched alkanes of at least 4 members (excludes halogenated alkanes) is 1. The van der Waals surface area contributed by atoms with Crippen LogP contribution in [0.15, 0.2) is 21.3 Å². The lowest BCUT2D eigenvalue weighted by molar-refractivity contribution is -0.142. The molecule has 0 fully saturated rings. The Kier molecular flexibility index (Phi) is 8.97. The Morgan fingerprint density at radius 2 is 2.10 bits per heavy atom. The van der Waals surface area contributed by atoms with Gasteiger partial charge in [0.1, 0.15) is 6.10 Å². The van der Waals surface area contributed by atoms with Crippen molar-refractivity contribution in [3.8, 4) is 0 Å². The summed E-state index contributed by atoms with van der Waals surface area (Å²) in [6.45, 7) is 7.65. The molecular formula is C13H20N2O2S3. The SMILES string of the molecule is C=CC(=O)OC(CCCC)CSc1nnc(SCC)s1. The van der Waals surface area contributed by atoms with Gasteiger partial charge in [-0.15, -0.1) is 10.2 Å². The van der Waals surface area contributed by atoms with Crippen molar-refractivity contribution in [2.24, 2.45) is 0 Å². The van der Waals surface area contributed by atoms with Gasteiger partial charge in [0.2, 0.25) is 0 Å². The Labute approximate surface area is 132 Å². The Hall–Kier alpha value is -0.530. The van der Waals surface area contributed by atoms with Crippen LogP contribution < -0.4 is 0 Å². The second kappa shape index (κ2) is 10.2. The number of rotatable bonds is 10. The van der Waals surface area contributed by atoms with Crippen LogP contribution >= 0.6 is 34.9 Å². The molecule has 1 aromatic rings. The highest BCUT2D eigenvalue weighted by atomic mass is 32.2. The minimum atomic E-state index is -0.355. The fraction of sp³-hybridized carbons (Fsp3) is 0.615. The largest absolute Gasteiger partial charge is 0.458 e. The molecule has 0 aliphatic rings. The van der Waals surface area contributed by atoms with Gasteiger partial charge in [0.15, 0.2) is 8.68 Å². The highest BCUT2D eigenvalue weighted by molar-refractivity contribution is 8.03. The first-order valence-electron chi connectivity index (χ1n) is 6.61. The highest BCUT2D eigenvalue weighted by Crippen LogP contribution is 2.29. The maximum absolute atomic E-state index is 11.3. The van der Waals surface area contributed by atoms with Gasteiger partial charge in [-0.25, -0.2) is 4.79 Å². The molecule has 4 nitrogen and oxygen atoms in total. The van der Waals surface area contributed by atoms with Gasteiger partial charge in [0.05, 0.1) is 0 Å². The summed E-state index contributed by atoms with van der Waals surface area (Å²) in [7, 11) is 0. The molecule has 1 heterocycles. The van der Waals surface area contributed by atoms with Gasteiger partial charge in [-0.1, -0.05) is 68.1 Å². The molecule has 0 saturated heterocycles. The first kappa shape index (κ1) is 17.5. The fourth-order valence-electron chi connectivity index (χ4n) is 1.42. The Morgan fingerprint density at radius 3 is 2.70 bits per heavy atom. The van der Waals surface area contributed by atoms with Gasteiger partial charge in [-0.05, 0) is 12.2 Å². The number of carbonyl (C=O) groups is 1. The van der Waals surface area contributed by atoms with Gasteiger partial charge in [0, 0.05) is 11.8 Å². The van der Waals surface area contributed by atoms with Crippen molar-refractivity contribution in [2.45, 2.75) is 47.9 Å². The van der Waals surface area contributed by atoms with Crippen LogP contribution in [0.4, 0.5) is 0 Å². The van der Waals surface area contributed by atoms with Crippen molar-refractivity contribution in [1.29, 1.82) is 0 Å². The summed E-state index contributed by atoms with van der Waals surface area (Å²) in [5.74, 6) is 1.35. The molecule has 0 aliphatic carbocycles. The Bertz CT molecular complexity index is 424. The van der Waals surface area contributed by atoms with E-state index >= 15 is 0 Å². The Balaban J connectivity index is 2.46. The van der Waals surface area contributed by atoms with E-state index in [1.165, 1.54) is 6.08 Å². The monoisotopic (exact) mass is 332 g/mol. The van der Waals surface area contributed by atoms with Crippen LogP contribution in [-0.2, 0) is 9.53 Å². The molecule has 0 spiro atoms. The van der Waals surface area contributed by atoms with E-state index in [0.717, 1.165) is 33.7 Å². The molecule has 1 rings (SSSR count). The number of carbonyl (C=O) groups excluding carboxylic acids is 1. The zero-order chi connectivity index (χ0) is 14.8. The van der Waals surface area contributed by atoms with E-state index in [4.69, 9.17) is 4.74 Å². The Morgan fingerprint density at radius 1 is 1.40 bits per heavy atom. The zero-order valence-electron chi connectivity index (χ0n) is 11.8. The van der Waals surface area contributed by atoms with E-state index in [9.17, 15) is 4.79 Å². The second-order valence-corrected chi connectivity index (χ2v) is 7.74. The smallest absolute Gasteiger partial charge is 0.330 e. The van der Waals surface area contributed by atoms with Crippen molar-refractivity contribution < 1.29 is 9.53 Å². The third-order valence-corrected chi connectivity index (χ3v) is 5.58. The number of esters is 1. The minimum Gasteiger partial charge on any atom is -0.458 e. The number of thioether (sulfide) groups is 2. The van der Waals surface area contributed by atoms with Gasteiger partial charge in [0.25, 0.3) is 0 Å². The molecular weight excluding hydrogens is 312 g/mol. The van der Waals surface area contributed by atoms with Crippen molar-refractivity contribution >= 4 is 40.8 Å². The summed E-state index contributed by atoms with van der Waals surface area (Å²) in [6.07, 6.45) is 4.13. The topological polar surface area (TPSA) is 52.1 Å². The molecule has 1 unspecified atom stereocenters. The molecule has 0 saturated carbocycles. The first-order valence-corrected chi connectivity index (χ1v) is 9.40. The van der Waals surface area contributed by atoms with Crippen LogP contribution in [0.3, 0.4) is 0 Å². The quantitative estimate of drug-likeness (QED) is 0.366. The van der Waals surface area contributed by atoms with Crippen LogP contribution in [0.25, 0.3) is 0 Å². The van der Waals surface area contributed by atoms with Crippen molar-refractivity contribution in [3.05, 3.63) is 12.7 Å². The maximum atomic E-state index is 11.3. The number of ether oxygens (including phenoxy) is 1. The van der Waals surface area contributed by atoms with E-state index in [-0.39, 0.29) is 12.1 Å². The lowest BCUT2D eigenvalue weighted by atomic mass is 10.2. The predicted molar refractivity (Wildman–Crippen MR) is 86.6 cm³/mol. The molecule has 0 N–H and O–H groups in total. The molecule has 0 bridgehead atoms. The number of aromatic nitrogens is 2. The lowest BCUT2D eigenvalue weighted by Gasteiger charge is -2.15. The standard InChI is InChI=1S/C13H20N2O2S3/c1-4-7-8-10(17-11(16)5-2)9-19-13-15-14-12(20-13)18-6-3/h5,10H,2,4,6-9H2,1,3H3. The van der Waals surface area contributed by atoms with E-state index in [1.807, 2.05) is 0 Å². The molecule has 1 aromatic heterocycles. The third kappa shape index (κ3) is 6.76. The lowest BCUT2D eigenvalue weighted by Crippen LogP contribution is -2.19. The normalized spacial score (nSPS) is 12.1. The van der Waals surface area contributed by atoms with Crippen LogP contribution in [0, 0.1) is 0 Å². The number of hydrogen-bond acceptors (Lipinski definition) is 7. The van der Waals surface area contributed by atoms with Crippen LogP contribution in [-0.4, -0.2) is 33.8 Å². The summed E-state index contributed by atoms with van der Waals surface area (Å²) in [5.41, 5.74) is 0. The van der Waals surface area contributed by atoms with E-state index in [2.05, 4.69) is 30.6 Å². The average molecular weight is 333 g/mol. The van der Waals surface area contributed by atoms with E-state index < -0.39 is 0 Å². The highest BCUT2D eigenvalue weighted by Gasteiger charge is 2.14. The summed E-state index contributed by atoms with van der Waals surface area (Å²) in [5, 5.41) is 8.25. The van der Waals surface area contributed by atoms with Crippen molar-refractivity contribution in [3.63, 3.8) is 0 Å². The van der Waals surface area contributed by atoms with Crippen LogP contribution in [0.5, 0.6) is 0 Å². The fourth-order valence-corrected chi connectivity index (χ4v) is 4.40.